The van der Waals surface area contributed by atoms with Gasteiger partial charge in [-0.05, 0) is 36.4 Å². The Balaban J connectivity index is 0.00000161. The first-order valence-electron chi connectivity index (χ1n) is 6.35. The minimum atomic E-state index is -0.541. The Morgan fingerprint density at radius 3 is 1.90 bits per heavy atom. The van der Waals surface area contributed by atoms with Crippen molar-refractivity contribution in [1.82, 2.24) is 4.57 Å². The van der Waals surface area contributed by atoms with Crippen LogP contribution in [0.2, 0.25) is 0 Å². The highest BCUT2D eigenvalue weighted by Gasteiger charge is 2.13. The van der Waals surface area contributed by atoms with Crippen molar-refractivity contribution in [1.29, 1.82) is 0 Å². The second-order valence-corrected chi connectivity index (χ2v) is 6.65. The molecular formula is C15H15Br2ClN2O. The van der Waals surface area contributed by atoms with Gasteiger partial charge in [-0.25, -0.2) is 0 Å². The quantitative estimate of drug-likeness (QED) is 0.653. The molecular weight excluding hydrogens is 419 g/mol. The lowest BCUT2D eigenvalue weighted by atomic mass is 10.2. The van der Waals surface area contributed by atoms with Gasteiger partial charge < -0.3 is 15.4 Å². The fourth-order valence-electron chi connectivity index (χ4n) is 2.53. The lowest BCUT2D eigenvalue weighted by Crippen LogP contribution is -2.25. The van der Waals surface area contributed by atoms with E-state index in [2.05, 4.69) is 60.7 Å². The van der Waals surface area contributed by atoms with Crippen LogP contribution in [0.1, 0.15) is 0 Å². The molecule has 0 fully saturated rings. The van der Waals surface area contributed by atoms with Crippen molar-refractivity contribution in [3.05, 3.63) is 45.3 Å². The third-order valence-electron chi connectivity index (χ3n) is 3.45. The van der Waals surface area contributed by atoms with Crippen molar-refractivity contribution >= 4 is 66.1 Å². The van der Waals surface area contributed by atoms with Crippen molar-refractivity contribution in [3.63, 3.8) is 0 Å². The number of aliphatic hydroxyl groups is 1. The Hall–Kier alpha value is -0.590. The van der Waals surface area contributed by atoms with Crippen LogP contribution in [0.5, 0.6) is 0 Å². The number of hydrogen-bond donors (Lipinski definition) is 2. The molecule has 0 aliphatic carbocycles. The maximum Gasteiger partial charge on any atom is 0.0841 e. The van der Waals surface area contributed by atoms with Gasteiger partial charge in [0.2, 0.25) is 0 Å². The van der Waals surface area contributed by atoms with E-state index in [1.54, 1.807) is 0 Å². The first-order valence-corrected chi connectivity index (χ1v) is 7.94. The lowest BCUT2D eigenvalue weighted by Gasteiger charge is -2.11. The van der Waals surface area contributed by atoms with Crippen LogP contribution in [0.25, 0.3) is 21.8 Å². The van der Waals surface area contributed by atoms with Gasteiger partial charge in [-0.3, -0.25) is 0 Å². The second kappa shape index (κ2) is 6.67. The Morgan fingerprint density at radius 2 is 1.48 bits per heavy atom. The monoisotopic (exact) mass is 432 g/mol. The van der Waals surface area contributed by atoms with Crippen molar-refractivity contribution in [2.45, 2.75) is 12.6 Å². The van der Waals surface area contributed by atoms with E-state index in [9.17, 15) is 5.11 Å². The van der Waals surface area contributed by atoms with Crippen LogP contribution >= 0.6 is 44.3 Å². The van der Waals surface area contributed by atoms with E-state index in [-0.39, 0.29) is 19.0 Å². The summed E-state index contributed by atoms with van der Waals surface area (Å²) in [7, 11) is 0. The van der Waals surface area contributed by atoms with Crippen LogP contribution in [-0.4, -0.2) is 22.3 Å². The Labute approximate surface area is 145 Å². The van der Waals surface area contributed by atoms with Gasteiger partial charge in [0.05, 0.1) is 12.6 Å². The fourth-order valence-corrected chi connectivity index (χ4v) is 3.25. The van der Waals surface area contributed by atoms with Gasteiger partial charge in [0.1, 0.15) is 0 Å². The molecule has 0 aliphatic rings. The molecule has 1 atom stereocenters. The van der Waals surface area contributed by atoms with Crippen molar-refractivity contribution < 1.29 is 5.11 Å². The summed E-state index contributed by atoms with van der Waals surface area (Å²) in [4.78, 5) is 0. The molecule has 112 valence electrons. The van der Waals surface area contributed by atoms with Crippen LogP contribution in [0, 0.1) is 0 Å². The molecule has 1 unspecified atom stereocenters. The maximum atomic E-state index is 9.89. The van der Waals surface area contributed by atoms with Gasteiger partial charge in [-0.15, -0.1) is 12.4 Å². The Bertz CT molecular complexity index is 729. The molecule has 0 radical (unpaired) electrons. The zero-order valence-corrected chi connectivity index (χ0v) is 15.1. The average molecular weight is 435 g/mol. The zero-order valence-electron chi connectivity index (χ0n) is 11.1. The summed E-state index contributed by atoms with van der Waals surface area (Å²) >= 11 is 7.04. The highest BCUT2D eigenvalue weighted by Crippen LogP contribution is 2.33. The third kappa shape index (κ3) is 3.12. The summed E-state index contributed by atoms with van der Waals surface area (Å²) in [6.07, 6.45) is -0.541. The summed E-state index contributed by atoms with van der Waals surface area (Å²) in [5.41, 5.74) is 7.76. The van der Waals surface area contributed by atoms with Gasteiger partial charge >= 0.3 is 0 Å². The van der Waals surface area contributed by atoms with E-state index in [4.69, 9.17) is 5.73 Å². The van der Waals surface area contributed by atoms with Gasteiger partial charge in [0, 0.05) is 37.3 Å². The molecule has 0 spiro atoms. The van der Waals surface area contributed by atoms with Crippen molar-refractivity contribution in [2.24, 2.45) is 5.73 Å². The predicted molar refractivity (Wildman–Crippen MR) is 97.2 cm³/mol. The number of fused-ring (bicyclic) bond motifs is 3. The summed E-state index contributed by atoms with van der Waals surface area (Å²) in [6, 6.07) is 12.4. The van der Waals surface area contributed by atoms with Crippen LogP contribution in [0.15, 0.2) is 45.3 Å². The molecule has 1 heterocycles. The SMILES string of the molecule is Cl.NCC(O)Cn1c2ccc(Br)cc2c2cc(Br)ccc21. The zero-order chi connectivity index (χ0) is 14.3. The molecule has 21 heavy (non-hydrogen) atoms. The van der Waals surface area contributed by atoms with Crippen LogP contribution in [0.4, 0.5) is 0 Å². The minimum Gasteiger partial charge on any atom is -0.390 e. The first kappa shape index (κ1) is 16.8. The number of benzene rings is 2. The van der Waals surface area contributed by atoms with E-state index in [0.717, 1.165) is 20.0 Å². The highest BCUT2D eigenvalue weighted by molar-refractivity contribution is 9.10. The van der Waals surface area contributed by atoms with Gasteiger partial charge in [0.15, 0.2) is 0 Å². The minimum absolute atomic E-state index is 0. The molecule has 0 saturated heterocycles. The molecule has 2 aromatic carbocycles. The number of aliphatic hydroxyl groups excluding tert-OH is 1. The summed E-state index contributed by atoms with van der Waals surface area (Å²) in [6.45, 7) is 0.758. The summed E-state index contributed by atoms with van der Waals surface area (Å²) in [5.74, 6) is 0. The van der Waals surface area contributed by atoms with Crippen LogP contribution in [-0.2, 0) is 6.54 Å². The molecule has 0 amide bonds. The van der Waals surface area contributed by atoms with Gasteiger partial charge in [-0.2, -0.15) is 0 Å². The number of aromatic nitrogens is 1. The molecule has 0 saturated carbocycles. The van der Waals surface area contributed by atoms with E-state index < -0.39 is 6.10 Å². The van der Waals surface area contributed by atoms with E-state index in [1.165, 1.54) is 10.8 Å². The fraction of sp³-hybridized carbons (Fsp3) is 0.200. The smallest absolute Gasteiger partial charge is 0.0841 e. The van der Waals surface area contributed by atoms with E-state index in [0.29, 0.717) is 6.54 Å². The molecule has 0 bridgehead atoms. The Kier molecular flexibility index (Phi) is 5.33. The standard InChI is InChI=1S/C15H14Br2N2O.ClH/c16-9-1-3-14-12(5-9)13-6-10(17)2-4-15(13)19(14)8-11(20)7-18;/h1-6,11,20H,7-8,18H2;1H. The van der Waals surface area contributed by atoms with E-state index in [1.807, 2.05) is 12.1 Å². The normalized spacial score (nSPS) is 12.6. The molecule has 1 aromatic heterocycles. The number of nitrogens with zero attached hydrogens (tertiary/aromatic N) is 1. The highest BCUT2D eigenvalue weighted by atomic mass is 79.9. The third-order valence-corrected chi connectivity index (χ3v) is 4.44. The number of rotatable bonds is 3. The lowest BCUT2D eigenvalue weighted by molar-refractivity contribution is 0.165. The van der Waals surface area contributed by atoms with Crippen molar-refractivity contribution in [2.75, 3.05) is 6.54 Å². The molecule has 3 N–H and O–H groups in total. The molecule has 3 nitrogen and oxygen atoms in total. The largest absolute Gasteiger partial charge is 0.390 e. The topological polar surface area (TPSA) is 51.2 Å². The average Bonchev–Trinajstić information content (AvgIpc) is 2.72. The Morgan fingerprint density at radius 1 is 1.00 bits per heavy atom. The second-order valence-electron chi connectivity index (χ2n) is 4.82. The summed E-state index contributed by atoms with van der Waals surface area (Å²) < 4.78 is 4.22. The molecule has 0 aliphatic heterocycles. The molecule has 6 heteroatoms. The number of halogens is 3. The molecule has 3 aromatic rings. The van der Waals surface area contributed by atoms with Crippen LogP contribution in [0.3, 0.4) is 0 Å². The molecule has 3 rings (SSSR count). The maximum absolute atomic E-state index is 9.89. The van der Waals surface area contributed by atoms with Crippen LogP contribution < -0.4 is 5.73 Å². The number of hydrogen-bond acceptors (Lipinski definition) is 2. The van der Waals surface area contributed by atoms with Gasteiger partial charge in [0.25, 0.3) is 0 Å². The van der Waals surface area contributed by atoms with Gasteiger partial charge in [-0.1, -0.05) is 31.9 Å². The first-order chi connectivity index (χ1) is 9.60. The van der Waals surface area contributed by atoms with E-state index >= 15 is 0 Å². The summed E-state index contributed by atoms with van der Waals surface area (Å²) in [5, 5.41) is 12.2. The van der Waals surface area contributed by atoms with Crippen molar-refractivity contribution in [3.8, 4) is 0 Å². The number of nitrogens with two attached hydrogens (primary N) is 1. The predicted octanol–water partition coefficient (Wildman–Crippen LogP) is 4.06.